The first-order valence-electron chi connectivity index (χ1n) is 7.66. The minimum Gasteiger partial charge on any atom is -0.469 e. The van der Waals surface area contributed by atoms with Crippen LogP contribution >= 0.6 is 0 Å². The Kier molecular flexibility index (Phi) is 4.09. The van der Waals surface area contributed by atoms with Gasteiger partial charge in [0.1, 0.15) is 5.76 Å². The largest absolute Gasteiger partial charge is 0.469 e. The van der Waals surface area contributed by atoms with Crippen molar-refractivity contribution in [3.8, 4) is 0 Å². The van der Waals surface area contributed by atoms with Crippen LogP contribution in [-0.2, 0) is 12.8 Å². The molecule has 2 aromatic rings. The Bertz CT molecular complexity index is 728. The zero-order valence-corrected chi connectivity index (χ0v) is 13.0. The van der Waals surface area contributed by atoms with Gasteiger partial charge in [-0.3, -0.25) is 4.79 Å². The Morgan fingerprint density at radius 2 is 1.95 bits per heavy atom. The molecule has 0 spiro atoms. The fourth-order valence-corrected chi connectivity index (χ4v) is 2.84. The summed E-state index contributed by atoms with van der Waals surface area (Å²) in [6, 6.07) is 8.11. The van der Waals surface area contributed by atoms with E-state index < -0.39 is 0 Å². The van der Waals surface area contributed by atoms with Crippen LogP contribution in [0, 0.1) is 6.92 Å². The molecule has 0 fully saturated rings. The number of amides is 1. The summed E-state index contributed by atoms with van der Waals surface area (Å²) in [5.74, 6) is 0.350. The Morgan fingerprint density at radius 3 is 2.68 bits per heavy atom. The van der Waals surface area contributed by atoms with Gasteiger partial charge in [-0.15, -0.1) is 0 Å². The minimum atomic E-state index is -0.247. The SMILES string of the molecule is C/C(=N\NC(=O)c1ccoc1C)c1ccc2c(c1)CCCC2. The molecule has 22 heavy (non-hydrogen) atoms. The molecule has 0 saturated carbocycles. The van der Waals surface area contributed by atoms with E-state index in [0.717, 1.165) is 17.7 Å². The predicted molar refractivity (Wildman–Crippen MR) is 86.2 cm³/mol. The van der Waals surface area contributed by atoms with Crippen molar-refractivity contribution in [1.29, 1.82) is 0 Å². The molecular formula is C18H20N2O2. The standard InChI is InChI=1S/C18H20N2O2/c1-12(19-20-18(21)17-9-10-22-13(17)2)15-8-7-14-5-3-4-6-16(14)11-15/h7-11H,3-6H2,1-2H3,(H,20,21)/b19-12+. The Labute approximate surface area is 130 Å². The maximum absolute atomic E-state index is 12.0. The van der Waals surface area contributed by atoms with Gasteiger partial charge in [-0.1, -0.05) is 12.1 Å². The van der Waals surface area contributed by atoms with E-state index in [9.17, 15) is 4.79 Å². The number of hydrazone groups is 1. The first-order chi connectivity index (χ1) is 10.6. The summed E-state index contributed by atoms with van der Waals surface area (Å²) in [6.45, 7) is 3.67. The lowest BCUT2D eigenvalue weighted by Crippen LogP contribution is -2.19. The van der Waals surface area contributed by atoms with Gasteiger partial charge in [-0.2, -0.15) is 5.10 Å². The molecule has 1 heterocycles. The number of benzene rings is 1. The van der Waals surface area contributed by atoms with Crippen molar-refractivity contribution in [3.63, 3.8) is 0 Å². The van der Waals surface area contributed by atoms with Gasteiger partial charge in [0.25, 0.3) is 5.91 Å². The van der Waals surface area contributed by atoms with Crippen LogP contribution < -0.4 is 5.43 Å². The third-order valence-electron chi connectivity index (χ3n) is 4.19. The van der Waals surface area contributed by atoms with Crippen molar-refractivity contribution in [2.75, 3.05) is 0 Å². The maximum atomic E-state index is 12.0. The molecule has 1 aromatic carbocycles. The monoisotopic (exact) mass is 296 g/mol. The smallest absolute Gasteiger partial charge is 0.274 e. The van der Waals surface area contributed by atoms with Crippen molar-refractivity contribution in [2.45, 2.75) is 39.5 Å². The van der Waals surface area contributed by atoms with Gasteiger partial charge in [-0.25, -0.2) is 5.43 Å². The number of hydrogen-bond donors (Lipinski definition) is 1. The molecule has 1 N–H and O–H groups in total. The van der Waals surface area contributed by atoms with Crippen molar-refractivity contribution in [1.82, 2.24) is 5.43 Å². The first kappa shape index (κ1) is 14.6. The molecule has 0 aliphatic heterocycles. The molecular weight excluding hydrogens is 276 g/mol. The van der Waals surface area contributed by atoms with E-state index in [4.69, 9.17) is 4.42 Å². The molecule has 4 nitrogen and oxygen atoms in total. The van der Waals surface area contributed by atoms with E-state index in [-0.39, 0.29) is 5.91 Å². The highest BCUT2D eigenvalue weighted by atomic mass is 16.3. The molecule has 3 rings (SSSR count). The van der Waals surface area contributed by atoms with Gasteiger partial charge in [0.2, 0.25) is 0 Å². The van der Waals surface area contributed by atoms with E-state index in [1.54, 1.807) is 13.0 Å². The summed E-state index contributed by atoms with van der Waals surface area (Å²) in [5, 5.41) is 4.22. The Hall–Kier alpha value is -2.36. The minimum absolute atomic E-state index is 0.247. The fraction of sp³-hybridized carbons (Fsp3) is 0.333. The second kappa shape index (κ2) is 6.18. The lowest BCUT2D eigenvalue weighted by atomic mass is 9.90. The van der Waals surface area contributed by atoms with Crippen LogP contribution in [0.5, 0.6) is 0 Å². The van der Waals surface area contributed by atoms with Crippen molar-refractivity contribution in [3.05, 3.63) is 58.5 Å². The molecule has 4 heteroatoms. The van der Waals surface area contributed by atoms with Crippen LogP contribution in [0.4, 0.5) is 0 Å². The second-order valence-corrected chi connectivity index (χ2v) is 5.72. The first-order valence-corrected chi connectivity index (χ1v) is 7.66. The van der Waals surface area contributed by atoms with Crippen LogP contribution in [-0.4, -0.2) is 11.6 Å². The summed E-state index contributed by atoms with van der Waals surface area (Å²) in [4.78, 5) is 12.0. The number of nitrogens with zero attached hydrogens (tertiary/aromatic N) is 1. The molecule has 0 bridgehead atoms. The zero-order valence-electron chi connectivity index (χ0n) is 13.0. The number of fused-ring (bicyclic) bond motifs is 1. The van der Waals surface area contributed by atoms with Gasteiger partial charge in [0, 0.05) is 0 Å². The summed E-state index contributed by atoms with van der Waals surface area (Å²) in [7, 11) is 0. The van der Waals surface area contributed by atoms with E-state index in [0.29, 0.717) is 11.3 Å². The van der Waals surface area contributed by atoms with Gasteiger partial charge in [0.05, 0.1) is 17.5 Å². The normalized spacial score (nSPS) is 14.5. The van der Waals surface area contributed by atoms with Gasteiger partial charge in [0.15, 0.2) is 0 Å². The lowest BCUT2D eigenvalue weighted by Gasteiger charge is -2.16. The van der Waals surface area contributed by atoms with E-state index >= 15 is 0 Å². The van der Waals surface area contributed by atoms with Crippen molar-refractivity contribution >= 4 is 11.6 Å². The Morgan fingerprint density at radius 1 is 1.18 bits per heavy atom. The molecule has 1 amide bonds. The summed E-state index contributed by atoms with van der Waals surface area (Å²) < 4.78 is 5.13. The van der Waals surface area contributed by atoms with Gasteiger partial charge in [-0.05, 0) is 68.4 Å². The zero-order chi connectivity index (χ0) is 15.5. The highest BCUT2D eigenvalue weighted by Crippen LogP contribution is 2.22. The highest BCUT2D eigenvalue weighted by molar-refractivity contribution is 6.01. The number of carbonyl (C=O) groups is 1. The molecule has 0 radical (unpaired) electrons. The molecule has 1 aliphatic rings. The third-order valence-corrected chi connectivity index (χ3v) is 4.19. The molecule has 0 unspecified atom stereocenters. The summed E-state index contributed by atoms with van der Waals surface area (Å²) >= 11 is 0. The average molecular weight is 296 g/mol. The molecule has 1 aromatic heterocycles. The van der Waals surface area contributed by atoms with E-state index in [2.05, 4.69) is 28.7 Å². The number of aryl methyl sites for hydroxylation is 3. The molecule has 0 atom stereocenters. The van der Waals surface area contributed by atoms with E-state index in [1.165, 1.54) is 36.7 Å². The second-order valence-electron chi connectivity index (χ2n) is 5.72. The lowest BCUT2D eigenvalue weighted by molar-refractivity contribution is 0.0953. The van der Waals surface area contributed by atoms with Crippen LogP contribution in [0.25, 0.3) is 0 Å². The maximum Gasteiger partial charge on any atom is 0.274 e. The number of nitrogens with one attached hydrogen (secondary N) is 1. The molecule has 0 saturated heterocycles. The van der Waals surface area contributed by atoms with Crippen molar-refractivity contribution < 1.29 is 9.21 Å². The number of rotatable bonds is 3. The van der Waals surface area contributed by atoms with Crippen LogP contribution in [0.3, 0.4) is 0 Å². The average Bonchev–Trinajstić information content (AvgIpc) is 2.98. The number of hydrogen-bond acceptors (Lipinski definition) is 3. The summed E-state index contributed by atoms with van der Waals surface area (Å²) in [6.07, 6.45) is 6.34. The van der Waals surface area contributed by atoms with E-state index in [1.807, 2.05) is 6.92 Å². The number of carbonyl (C=O) groups excluding carboxylic acids is 1. The predicted octanol–water partition coefficient (Wildman–Crippen LogP) is 3.62. The molecule has 114 valence electrons. The Balaban J connectivity index is 1.74. The quantitative estimate of drug-likeness (QED) is 0.694. The van der Waals surface area contributed by atoms with Crippen LogP contribution in [0.2, 0.25) is 0 Å². The fourth-order valence-electron chi connectivity index (χ4n) is 2.84. The third kappa shape index (κ3) is 2.96. The van der Waals surface area contributed by atoms with Gasteiger partial charge >= 0.3 is 0 Å². The van der Waals surface area contributed by atoms with Crippen molar-refractivity contribution in [2.24, 2.45) is 5.10 Å². The highest BCUT2D eigenvalue weighted by Gasteiger charge is 2.12. The number of furan rings is 1. The van der Waals surface area contributed by atoms with Crippen LogP contribution in [0.15, 0.2) is 40.0 Å². The summed E-state index contributed by atoms with van der Waals surface area (Å²) in [5.41, 5.74) is 7.83. The topological polar surface area (TPSA) is 54.6 Å². The van der Waals surface area contributed by atoms with Gasteiger partial charge < -0.3 is 4.42 Å². The van der Waals surface area contributed by atoms with Crippen LogP contribution in [0.1, 0.15) is 52.6 Å². The molecule has 1 aliphatic carbocycles.